The second kappa shape index (κ2) is 6.27. The Morgan fingerprint density at radius 2 is 1.94 bits per heavy atom. The monoisotopic (exact) mass is 240 g/mol. The summed E-state index contributed by atoms with van der Waals surface area (Å²) in [4.78, 5) is 22.4. The molecule has 0 aromatic carbocycles. The second-order valence-electron chi connectivity index (χ2n) is 4.68. The molecule has 0 fully saturated rings. The number of nitrogens with one attached hydrogen (secondary N) is 2. The fourth-order valence-electron chi connectivity index (χ4n) is 1.78. The Morgan fingerprint density at radius 3 is 2.41 bits per heavy atom. The fourth-order valence-corrected chi connectivity index (χ4v) is 1.78. The SMILES string of the molecule is CC(C)C(CNC(=O)NC1CC=CC1)C(=O)O. The lowest BCUT2D eigenvalue weighted by Crippen LogP contribution is -2.44. The van der Waals surface area contributed by atoms with Crippen LogP contribution in [0.25, 0.3) is 0 Å². The van der Waals surface area contributed by atoms with E-state index in [2.05, 4.69) is 10.6 Å². The Balaban J connectivity index is 2.28. The average Bonchev–Trinajstić information content (AvgIpc) is 2.69. The van der Waals surface area contributed by atoms with E-state index in [-0.39, 0.29) is 24.5 Å². The first kappa shape index (κ1) is 13.5. The van der Waals surface area contributed by atoms with Crippen LogP contribution in [0, 0.1) is 11.8 Å². The highest BCUT2D eigenvalue weighted by molar-refractivity contribution is 5.76. The molecule has 0 saturated carbocycles. The predicted molar refractivity (Wildman–Crippen MR) is 64.7 cm³/mol. The van der Waals surface area contributed by atoms with Crippen molar-refractivity contribution in [1.29, 1.82) is 0 Å². The Labute approximate surface area is 101 Å². The van der Waals surface area contributed by atoms with Crippen LogP contribution in [0.15, 0.2) is 12.2 Å². The van der Waals surface area contributed by atoms with Crippen molar-refractivity contribution in [1.82, 2.24) is 10.6 Å². The van der Waals surface area contributed by atoms with Gasteiger partial charge >= 0.3 is 12.0 Å². The second-order valence-corrected chi connectivity index (χ2v) is 4.68. The van der Waals surface area contributed by atoms with E-state index in [0.29, 0.717) is 0 Å². The highest BCUT2D eigenvalue weighted by Gasteiger charge is 2.22. The number of aliphatic carboxylic acids is 1. The molecule has 1 aliphatic rings. The van der Waals surface area contributed by atoms with Gasteiger partial charge in [-0.1, -0.05) is 26.0 Å². The van der Waals surface area contributed by atoms with Crippen LogP contribution in [-0.4, -0.2) is 29.7 Å². The quantitative estimate of drug-likeness (QED) is 0.635. The number of carboxylic acid groups (broad SMARTS) is 1. The van der Waals surface area contributed by atoms with Crippen LogP contribution in [0.3, 0.4) is 0 Å². The summed E-state index contributed by atoms with van der Waals surface area (Å²) < 4.78 is 0. The van der Waals surface area contributed by atoms with Crippen LogP contribution in [0.4, 0.5) is 4.79 Å². The molecule has 1 unspecified atom stereocenters. The molecule has 0 aliphatic heterocycles. The Hall–Kier alpha value is -1.52. The number of urea groups is 1. The number of carbonyl (C=O) groups excluding carboxylic acids is 1. The lowest BCUT2D eigenvalue weighted by atomic mass is 9.96. The average molecular weight is 240 g/mol. The van der Waals surface area contributed by atoms with Gasteiger partial charge in [0.2, 0.25) is 0 Å². The van der Waals surface area contributed by atoms with Gasteiger partial charge in [0.25, 0.3) is 0 Å². The summed E-state index contributed by atoms with van der Waals surface area (Å²) in [6.45, 7) is 3.83. The van der Waals surface area contributed by atoms with Crippen LogP contribution < -0.4 is 10.6 Å². The van der Waals surface area contributed by atoms with Gasteiger partial charge < -0.3 is 15.7 Å². The molecule has 2 amide bonds. The topological polar surface area (TPSA) is 78.4 Å². The van der Waals surface area contributed by atoms with E-state index in [9.17, 15) is 9.59 Å². The Kier molecular flexibility index (Phi) is 5.00. The first-order valence-corrected chi connectivity index (χ1v) is 5.93. The minimum absolute atomic E-state index is 0.000877. The third kappa shape index (κ3) is 4.46. The molecule has 17 heavy (non-hydrogen) atoms. The Bertz CT molecular complexity index is 305. The molecule has 5 heteroatoms. The van der Waals surface area contributed by atoms with Crippen LogP contribution in [-0.2, 0) is 4.79 Å². The lowest BCUT2D eigenvalue weighted by molar-refractivity contribution is -0.142. The maximum absolute atomic E-state index is 11.5. The van der Waals surface area contributed by atoms with E-state index in [1.165, 1.54) is 0 Å². The van der Waals surface area contributed by atoms with Gasteiger partial charge in [-0.15, -0.1) is 0 Å². The zero-order valence-electron chi connectivity index (χ0n) is 10.3. The van der Waals surface area contributed by atoms with E-state index < -0.39 is 11.9 Å². The molecule has 1 aliphatic carbocycles. The van der Waals surface area contributed by atoms with Crippen molar-refractivity contribution in [2.75, 3.05) is 6.54 Å². The summed E-state index contributed by atoms with van der Waals surface area (Å²) in [5.41, 5.74) is 0. The van der Waals surface area contributed by atoms with Crippen molar-refractivity contribution < 1.29 is 14.7 Å². The smallest absolute Gasteiger partial charge is 0.315 e. The van der Waals surface area contributed by atoms with Gasteiger partial charge in [-0.3, -0.25) is 4.79 Å². The maximum Gasteiger partial charge on any atom is 0.315 e. The number of rotatable bonds is 5. The van der Waals surface area contributed by atoms with Crippen molar-refractivity contribution in [2.45, 2.75) is 32.7 Å². The van der Waals surface area contributed by atoms with Gasteiger partial charge in [-0.25, -0.2) is 4.79 Å². The number of carbonyl (C=O) groups is 2. The number of carboxylic acids is 1. The molecule has 1 rings (SSSR count). The molecule has 5 nitrogen and oxygen atoms in total. The molecular formula is C12H20N2O3. The van der Waals surface area contributed by atoms with Crippen molar-refractivity contribution in [3.05, 3.63) is 12.2 Å². The predicted octanol–water partition coefficient (Wildman–Crippen LogP) is 1.36. The summed E-state index contributed by atoms with van der Waals surface area (Å²) in [6, 6.07) is -0.136. The van der Waals surface area contributed by atoms with Gasteiger partial charge in [-0.05, 0) is 18.8 Å². The molecule has 0 aromatic heterocycles. The molecule has 1 atom stereocenters. The van der Waals surface area contributed by atoms with Gasteiger partial charge in [0.1, 0.15) is 0 Å². The molecule has 0 aromatic rings. The number of hydrogen-bond acceptors (Lipinski definition) is 2. The summed E-state index contributed by atoms with van der Waals surface area (Å²) in [6.07, 6.45) is 5.75. The van der Waals surface area contributed by atoms with Crippen molar-refractivity contribution in [3.8, 4) is 0 Å². The molecule has 0 heterocycles. The van der Waals surface area contributed by atoms with Crippen molar-refractivity contribution in [2.24, 2.45) is 11.8 Å². The molecular weight excluding hydrogens is 220 g/mol. The minimum atomic E-state index is -0.872. The maximum atomic E-state index is 11.5. The van der Waals surface area contributed by atoms with E-state index in [1.807, 2.05) is 26.0 Å². The minimum Gasteiger partial charge on any atom is -0.481 e. The number of hydrogen-bond donors (Lipinski definition) is 3. The van der Waals surface area contributed by atoms with Crippen LogP contribution >= 0.6 is 0 Å². The van der Waals surface area contributed by atoms with E-state index in [0.717, 1.165) is 12.8 Å². The van der Waals surface area contributed by atoms with Crippen LogP contribution in [0.2, 0.25) is 0 Å². The third-order valence-corrected chi connectivity index (χ3v) is 2.95. The zero-order valence-corrected chi connectivity index (χ0v) is 10.3. The molecule has 0 saturated heterocycles. The molecule has 0 bridgehead atoms. The highest BCUT2D eigenvalue weighted by atomic mass is 16.4. The third-order valence-electron chi connectivity index (χ3n) is 2.95. The molecule has 96 valence electrons. The van der Waals surface area contributed by atoms with Gasteiger partial charge in [0.05, 0.1) is 5.92 Å². The summed E-state index contributed by atoms with van der Waals surface area (Å²) in [5, 5.41) is 14.4. The number of amides is 2. The van der Waals surface area contributed by atoms with Crippen molar-refractivity contribution in [3.63, 3.8) is 0 Å². The Morgan fingerprint density at radius 1 is 1.35 bits per heavy atom. The van der Waals surface area contributed by atoms with Gasteiger partial charge in [-0.2, -0.15) is 0 Å². The first-order valence-electron chi connectivity index (χ1n) is 5.93. The largest absolute Gasteiger partial charge is 0.481 e. The fraction of sp³-hybridized carbons (Fsp3) is 0.667. The lowest BCUT2D eigenvalue weighted by Gasteiger charge is -2.18. The summed E-state index contributed by atoms with van der Waals surface area (Å²) in [5.74, 6) is -1.41. The normalized spacial score (nSPS) is 17.1. The van der Waals surface area contributed by atoms with Crippen LogP contribution in [0.5, 0.6) is 0 Å². The first-order chi connectivity index (χ1) is 8.00. The zero-order chi connectivity index (χ0) is 12.8. The van der Waals surface area contributed by atoms with Gasteiger partial charge in [0, 0.05) is 12.6 Å². The standard InChI is InChI=1S/C12H20N2O3/c1-8(2)10(11(15)16)7-13-12(17)14-9-5-3-4-6-9/h3-4,8-10H,5-7H2,1-2H3,(H,15,16)(H2,13,14,17). The molecule has 0 spiro atoms. The summed E-state index contributed by atoms with van der Waals surface area (Å²) in [7, 11) is 0. The highest BCUT2D eigenvalue weighted by Crippen LogP contribution is 2.10. The van der Waals surface area contributed by atoms with E-state index in [4.69, 9.17) is 5.11 Å². The molecule has 3 N–H and O–H groups in total. The summed E-state index contributed by atoms with van der Waals surface area (Å²) >= 11 is 0. The van der Waals surface area contributed by atoms with Crippen molar-refractivity contribution >= 4 is 12.0 Å². The van der Waals surface area contributed by atoms with E-state index in [1.54, 1.807) is 0 Å². The van der Waals surface area contributed by atoms with Gasteiger partial charge in [0.15, 0.2) is 0 Å². The van der Waals surface area contributed by atoms with Crippen LogP contribution in [0.1, 0.15) is 26.7 Å². The van der Waals surface area contributed by atoms with E-state index >= 15 is 0 Å². The molecule has 0 radical (unpaired) electrons.